The summed E-state index contributed by atoms with van der Waals surface area (Å²) in [7, 11) is 0. The number of unbranched alkanes of at least 4 members (excludes halogenated alkanes) is 1. The van der Waals surface area contributed by atoms with Gasteiger partial charge in [0.25, 0.3) is 0 Å². The van der Waals surface area contributed by atoms with E-state index in [9.17, 15) is 34.5 Å². The van der Waals surface area contributed by atoms with E-state index >= 15 is 0 Å². The lowest BCUT2D eigenvalue weighted by molar-refractivity contribution is -0.143. The van der Waals surface area contributed by atoms with Crippen molar-refractivity contribution in [3.63, 3.8) is 0 Å². The molecule has 0 aromatic heterocycles. The van der Waals surface area contributed by atoms with E-state index in [0.717, 1.165) is 0 Å². The molecule has 0 fully saturated rings. The molecule has 31 heavy (non-hydrogen) atoms. The van der Waals surface area contributed by atoms with Crippen LogP contribution in [-0.2, 0) is 19.2 Å². The van der Waals surface area contributed by atoms with Gasteiger partial charge in [-0.1, -0.05) is 6.42 Å². The Morgan fingerprint density at radius 1 is 0.968 bits per heavy atom. The highest BCUT2D eigenvalue weighted by Gasteiger charge is 2.32. The first-order valence-corrected chi connectivity index (χ1v) is 11.4. The molecule has 0 aliphatic rings. The van der Waals surface area contributed by atoms with E-state index in [2.05, 4.69) is 16.0 Å². The molecule has 0 rings (SSSR count). The van der Waals surface area contributed by atoms with Crippen LogP contribution >= 0.6 is 11.8 Å². The molecule has 0 heterocycles. The number of carboxylic acid groups (broad SMARTS) is 1. The third-order valence-electron chi connectivity index (χ3n) is 4.41. The molecule has 12 nitrogen and oxygen atoms in total. The molecule has 3 amide bonds. The highest BCUT2D eigenvalue weighted by atomic mass is 32.2. The molecule has 0 saturated heterocycles. The highest BCUT2D eigenvalue weighted by molar-refractivity contribution is 7.98. The first-order valence-electron chi connectivity index (χ1n) is 9.96. The van der Waals surface area contributed by atoms with Crippen molar-refractivity contribution >= 4 is 35.5 Å². The highest BCUT2D eigenvalue weighted by Crippen LogP contribution is 2.04. The summed E-state index contributed by atoms with van der Waals surface area (Å²) in [5.41, 5.74) is 11.1. The predicted octanol–water partition coefficient (Wildman–Crippen LogP) is -2.89. The number of carbonyl (C=O) groups excluding carboxylic acids is 3. The van der Waals surface area contributed by atoms with Gasteiger partial charge in [-0.3, -0.25) is 14.4 Å². The molecular formula is C18H35N5O7S. The van der Waals surface area contributed by atoms with Crippen molar-refractivity contribution in [3.05, 3.63) is 0 Å². The summed E-state index contributed by atoms with van der Waals surface area (Å²) >= 11 is 1.40. The van der Waals surface area contributed by atoms with Crippen LogP contribution in [0.3, 0.4) is 0 Å². The molecule has 13 heteroatoms. The number of carbonyl (C=O) groups is 4. The van der Waals surface area contributed by atoms with E-state index in [1.54, 1.807) is 6.26 Å². The summed E-state index contributed by atoms with van der Waals surface area (Å²) in [6.07, 6.45) is 2.21. The number of aliphatic carboxylic acids is 1. The first kappa shape index (κ1) is 29.1. The number of hydrogen-bond acceptors (Lipinski definition) is 9. The van der Waals surface area contributed by atoms with E-state index in [0.29, 0.717) is 31.6 Å². The summed E-state index contributed by atoms with van der Waals surface area (Å²) in [5, 5.41) is 35.4. The summed E-state index contributed by atoms with van der Waals surface area (Å²) in [5.74, 6) is -3.26. The maximum Gasteiger partial charge on any atom is 0.326 e. The van der Waals surface area contributed by atoms with Crippen LogP contribution in [-0.4, -0.2) is 94.4 Å². The van der Waals surface area contributed by atoms with Crippen LogP contribution in [0.15, 0.2) is 0 Å². The number of rotatable bonds is 16. The quantitative estimate of drug-likeness (QED) is 0.109. The largest absolute Gasteiger partial charge is 0.480 e. The Kier molecular flexibility index (Phi) is 14.8. The molecule has 0 saturated carbocycles. The Morgan fingerprint density at radius 3 is 2.06 bits per heavy atom. The molecular weight excluding hydrogens is 430 g/mol. The lowest BCUT2D eigenvalue weighted by Crippen LogP contribution is -2.60. The van der Waals surface area contributed by atoms with Crippen LogP contribution in [0.4, 0.5) is 0 Å². The van der Waals surface area contributed by atoms with Gasteiger partial charge in [-0.05, 0) is 44.7 Å². The van der Waals surface area contributed by atoms with Crippen molar-refractivity contribution in [2.45, 2.75) is 62.9 Å². The number of carboxylic acids is 1. The van der Waals surface area contributed by atoms with Gasteiger partial charge in [0.05, 0.1) is 18.8 Å². The van der Waals surface area contributed by atoms with Crippen molar-refractivity contribution in [2.75, 3.05) is 25.2 Å². The van der Waals surface area contributed by atoms with Gasteiger partial charge in [-0.15, -0.1) is 0 Å². The van der Waals surface area contributed by atoms with Gasteiger partial charge < -0.3 is 42.7 Å². The van der Waals surface area contributed by atoms with Crippen molar-refractivity contribution in [1.29, 1.82) is 0 Å². The molecule has 0 aliphatic carbocycles. The standard InChI is InChI=1S/C18H35N5O7S/c1-10(25)14(17(28)21-12(18(29)30)6-8-31-2)23-16(27)13(9-24)22-15(26)11(20)5-3-4-7-19/h10-14,24-25H,3-9,19-20H2,1-2H3,(H,21,28)(H,22,26)(H,23,27)(H,29,30). The first-order chi connectivity index (χ1) is 14.6. The second kappa shape index (κ2) is 15.8. The maximum atomic E-state index is 12.5. The fraction of sp³-hybridized carbons (Fsp3) is 0.778. The zero-order chi connectivity index (χ0) is 24.0. The molecule has 0 aromatic carbocycles. The van der Waals surface area contributed by atoms with Gasteiger partial charge in [-0.25, -0.2) is 4.79 Å². The smallest absolute Gasteiger partial charge is 0.326 e. The summed E-state index contributed by atoms with van der Waals surface area (Å²) in [6, 6.07) is -5.00. The number of nitrogens with one attached hydrogen (secondary N) is 3. The predicted molar refractivity (Wildman–Crippen MR) is 116 cm³/mol. The molecule has 10 N–H and O–H groups in total. The van der Waals surface area contributed by atoms with Gasteiger partial charge in [0, 0.05) is 0 Å². The van der Waals surface area contributed by atoms with Gasteiger partial charge in [0.15, 0.2) is 0 Å². The molecule has 0 radical (unpaired) electrons. The SMILES string of the molecule is CSCCC(NC(=O)C(NC(=O)C(CO)NC(=O)C(N)CCCCN)C(C)O)C(=O)O. The molecule has 5 unspecified atom stereocenters. The Labute approximate surface area is 185 Å². The fourth-order valence-electron chi connectivity index (χ4n) is 2.53. The van der Waals surface area contributed by atoms with E-state index in [-0.39, 0.29) is 6.42 Å². The Balaban J connectivity index is 5.04. The van der Waals surface area contributed by atoms with Crippen molar-refractivity contribution < 1.29 is 34.5 Å². The Hall–Kier alpha value is -1.93. The molecule has 5 atom stereocenters. The molecule has 0 bridgehead atoms. The van der Waals surface area contributed by atoms with Crippen molar-refractivity contribution in [1.82, 2.24) is 16.0 Å². The zero-order valence-corrected chi connectivity index (χ0v) is 18.7. The number of aliphatic hydroxyl groups excluding tert-OH is 2. The molecule has 0 aromatic rings. The minimum absolute atomic E-state index is 0.153. The third-order valence-corrected chi connectivity index (χ3v) is 5.05. The topological polar surface area (TPSA) is 217 Å². The normalized spacial score (nSPS) is 15.8. The van der Waals surface area contributed by atoms with E-state index in [1.807, 2.05) is 0 Å². The van der Waals surface area contributed by atoms with E-state index in [1.165, 1.54) is 18.7 Å². The lowest BCUT2D eigenvalue weighted by Gasteiger charge is -2.25. The maximum absolute atomic E-state index is 12.5. The average molecular weight is 466 g/mol. The Morgan fingerprint density at radius 2 is 1.58 bits per heavy atom. The number of aliphatic hydroxyl groups is 2. The number of hydrogen-bond donors (Lipinski definition) is 8. The van der Waals surface area contributed by atoms with Crippen LogP contribution < -0.4 is 27.4 Å². The summed E-state index contributed by atoms with van der Waals surface area (Å²) in [6.45, 7) is 0.924. The molecule has 0 spiro atoms. The molecule has 180 valence electrons. The van der Waals surface area contributed by atoms with Crippen LogP contribution in [0.1, 0.15) is 32.6 Å². The van der Waals surface area contributed by atoms with Crippen LogP contribution in [0.25, 0.3) is 0 Å². The summed E-state index contributed by atoms with van der Waals surface area (Å²) in [4.78, 5) is 48.3. The van der Waals surface area contributed by atoms with Crippen LogP contribution in [0.5, 0.6) is 0 Å². The van der Waals surface area contributed by atoms with E-state index in [4.69, 9.17) is 11.5 Å². The van der Waals surface area contributed by atoms with Crippen molar-refractivity contribution in [2.24, 2.45) is 11.5 Å². The average Bonchev–Trinajstić information content (AvgIpc) is 2.72. The number of nitrogens with two attached hydrogens (primary N) is 2. The second-order valence-electron chi connectivity index (χ2n) is 7.04. The van der Waals surface area contributed by atoms with Gasteiger partial charge in [0.2, 0.25) is 17.7 Å². The minimum Gasteiger partial charge on any atom is -0.480 e. The monoisotopic (exact) mass is 465 g/mol. The van der Waals surface area contributed by atoms with E-state index < -0.39 is 60.6 Å². The van der Waals surface area contributed by atoms with Crippen molar-refractivity contribution in [3.8, 4) is 0 Å². The second-order valence-corrected chi connectivity index (χ2v) is 8.03. The minimum atomic E-state index is -1.49. The number of amides is 3. The molecule has 0 aliphatic heterocycles. The van der Waals surface area contributed by atoms with Crippen LogP contribution in [0.2, 0.25) is 0 Å². The Bertz CT molecular complexity index is 594. The lowest BCUT2D eigenvalue weighted by atomic mass is 10.1. The zero-order valence-electron chi connectivity index (χ0n) is 17.9. The van der Waals surface area contributed by atoms with Gasteiger partial charge in [-0.2, -0.15) is 11.8 Å². The van der Waals surface area contributed by atoms with Gasteiger partial charge >= 0.3 is 5.97 Å². The third kappa shape index (κ3) is 11.3. The number of thioether (sulfide) groups is 1. The van der Waals surface area contributed by atoms with Gasteiger partial charge in [0.1, 0.15) is 18.1 Å². The summed E-state index contributed by atoms with van der Waals surface area (Å²) < 4.78 is 0. The fourth-order valence-corrected chi connectivity index (χ4v) is 3.00. The van der Waals surface area contributed by atoms with Crippen LogP contribution in [0, 0.1) is 0 Å².